The smallest absolute Gasteiger partial charge is 0.127 e. The van der Waals surface area contributed by atoms with Gasteiger partial charge in [0.2, 0.25) is 0 Å². The standard InChI is InChI=1S/C14H14NO/c1-2-10-16-14-8-4-3-7-13(14)12-6-5-9-15-11-12/h3-9H,2,10H2,1H3. The lowest BCUT2D eigenvalue weighted by molar-refractivity contribution is 0.318. The highest BCUT2D eigenvalue weighted by atomic mass is 16.5. The van der Waals surface area contributed by atoms with Crippen molar-refractivity contribution in [3.63, 3.8) is 0 Å². The molecule has 0 saturated heterocycles. The van der Waals surface area contributed by atoms with E-state index in [0.29, 0.717) is 0 Å². The topological polar surface area (TPSA) is 22.1 Å². The van der Waals surface area contributed by atoms with Crippen LogP contribution >= 0.6 is 0 Å². The van der Waals surface area contributed by atoms with Crippen molar-refractivity contribution in [1.29, 1.82) is 0 Å². The van der Waals surface area contributed by atoms with Crippen molar-refractivity contribution in [2.24, 2.45) is 0 Å². The van der Waals surface area contributed by atoms with Gasteiger partial charge in [0.1, 0.15) is 5.75 Å². The van der Waals surface area contributed by atoms with Gasteiger partial charge in [0.15, 0.2) is 0 Å². The van der Waals surface area contributed by atoms with Crippen LogP contribution in [0.15, 0.2) is 42.6 Å². The molecule has 1 aromatic carbocycles. The number of para-hydroxylation sites is 1. The van der Waals surface area contributed by atoms with Gasteiger partial charge in [0.05, 0.1) is 12.8 Å². The molecular weight excluding hydrogens is 198 g/mol. The van der Waals surface area contributed by atoms with Crippen LogP contribution in [0.25, 0.3) is 11.1 Å². The normalized spacial score (nSPS) is 10.1. The average molecular weight is 212 g/mol. The predicted molar refractivity (Wildman–Crippen MR) is 64.3 cm³/mol. The van der Waals surface area contributed by atoms with Crippen molar-refractivity contribution < 1.29 is 4.74 Å². The van der Waals surface area contributed by atoms with Crippen molar-refractivity contribution in [1.82, 2.24) is 4.98 Å². The first-order valence-electron chi connectivity index (χ1n) is 5.46. The summed E-state index contributed by atoms with van der Waals surface area (Å²) in [5.74, 6) is 0.897. The van der Waals surface area contributed by atoms with E-state index < -0.39 is 0 Å². The predicted octanol–water partition coefficient (Wildman–Crippen LogP) is 3.34. The molecule has 0 aliphatic carbocycles. The number of hydrogen-bond donors (Lipinski definition) is 0. The second-order valence-corrected chi connectivity index (χ2v) is 3.51. The van der Waals surface area contributed by atoms with Crippen LogP contribution in [0.2, 0.25) is 0 Å². The highest BCUT2D eigenvalue weighted by Gasteiger charge is 2.04. The molecule has 0 atom stereocenters. The first-order valence-corrected chi connectivity index (χ1v) is 5.46. The molecule has 2 nitrogen and oxygen atoms in total. The molecule has 0 aliphatic rings. The Morgan fingerprint density at radius 1 is 1.19 bits per heavy atom. The van der Waals surface area contributed by atoms with Crippen LogP contribution in [0, 0.1) is 6.20 Å². The summed E-state index contributed by atoms with van der Waals surface area (Å²) in [5, 5.41) is 0. The molecular formula is C14H14NO. The van der Waals surface area contributed by atoms with Gasteiger partial charge in [0.25, 0.3) is 0 Å². The van der Waals surface area contributed by atoms with Gasteiger partial charge in [-0.2, -0.15) is 0 Å². The molecule has 2 heteroatoms. The zero-order valence-corrected chi connectivity index (χ0v) is 9.31. The maximum Gasteiger partial charge on any atom is 0.127 e. The van der Waals surface area contributed by atoms with E-state index in [9.17, 15) is 0 Å². The number of nitrogens with zero attached hydrogens (tertiary/aromatic N) is 1. The molecule has 2 rings (SSSR count). The summed E-state index contributed by atoms with van der Waals surface area (Å²) >= 11 is 0. The maximum absolute atomic E-state index is 5.69. The van der Waals surface area contributed by atoms with Crippen LogP contribution in [-0.2, 0) is 0 Å². The second kappa shape index (κ2) is 5.31. The Morgan fingerprint density at radius 2 is 2.06 bits per heavy atom. The molecule has 1 aromatic heterocycles. The molecule has 0 aliphatic heterocycles. The highest BCUT2D eigenvalue weighted by Crippen LogP contribution is 2.28. The molecule has 0 N–H and O–H groups in total. The molecule has 0 bridgehead atoms. The van der Waals surface area contributed by atoms with E-state index in [-0.39, 0.29) is 0 Å². The molecule has 0 amide bonds. The molecule has 0 saturated carbocycles. The monoisotopic (exact) mass is 212 g/mol. The van der Waals surface area contributed by atoms with Crippen molar-refractivity contribution in [3.8, 4) is 16.9 Å². The van der Waals surface area contributed by atoms with Crippen molar-refractivity contribution >= 4 is 0 Å². The van der Waals surface area contributed by atoms with E-state index in [1.165, 1.54) is 0 Å². The molecule has 0 spiro atoms. The summed E-state index contributed by atoms with van der Waals surface area (Å²) in [6.45, 7) is 2.83. The van der Waals surface area contributed by atoms with Crippen LogP contribution < -0.4 is 4.74 Å². The average Bonchev–Trinajstić information content (AvgIpc) is 2.38. The first-order chi connectivity index (χ1) is 7.92. The number of pyridine rings is 1. The molecule has 2 aromatic rings. The largest absolute Gasteiger partial charge is 0.493 e. The van der Waals surface area contributed by atoms with E-state index in [0.717, 1.165) is 29.9 Å². The number of aromatic nitrogens is 1. The molecule has 0 unspecified atom stereocenters. The first kappa shape index (κ1) is 10.7. The van der Waals surface area contributed by atoms with Crippen LogP contribution in [0.4, 0.5) is 0 Å². The van der Waals surface area contributed by atoms with Crippen molar-refractivity contribution in [2.45, 2.75) is 13.3 Å². The van der Waals surface area contributed by atoms with Gasteiger partial charge in [0, 0.05) is 17.3 Å². The Hall–Kier alpha value is -1.83. The van der Waals surface area contributed by atoms with Gasteiger partial charge >= 0.3 is 0 Å². The van der Waals surface area contributed by atoms with E-state index in [1.807, 2.05) is 36.4 Å². The van der Waals surface area contributed by atoms with E-state index in [4.69, 9.17) is 4.74 Å². The summed E-state index contributed by atoms with van der Waals surface area (Å²) in [5.41, 5.74) is 2.01. The lowest BCUT2D eigenvalue weighted by Gasteiger charge is -2.09. The fourth-order valence-electron chi connectivity index (χ4n) is 1.50. The number of ether oxygens (including phenoxy) is 1. The van der Waals surface area contributed by atoms with Gasteiger partial charge in [-0.1, -0.05) is 31.2 Å². The summed E-state index contributed by atoms with van der Waals surface area (Å²) in [7, 11) is 0. The minimum atomic E-state index is 0.733. The Balaban J connectivity index is 2.33. The zero-order valence-electron chi connectivity index (χ0n) is 9.31. The van der Waals surface area contributed by atoms with Gasteiger partial charge in [-0.15, -0.1) is 0 Å². The van der Waals surface area contributed by atoms with Crippen LogP contribution in [0.1, 0.15) is 13.3 Å². The Labute approximate surface area is 95.9 Å². The Bertz CT molecular complexity index is 439. The summed E-state index contributed by atoms with van der Waals surface area (Å²) < 4.78 is 5.69. The third kappa shape index (κ3) is 2.40. The van der Waals surface area contributed by atoms with E-state index in [1.54, 1.807) is 6.20 Å². The Kier molecular flexibility index (Phi) is 3.54. The van der Waals surface area contributed by atoms with E-state index >= 15 is 0 Å². The molecule has 1 radical (unpaired) electrons. The minimum Gasteiger partial charge on any atom is -0.493 e. The lowest BCUT2D eigenvalue weighted by atomic mass is 10.1. The van der Waals surface area contributed by atoms with Crippen molar-refractivity contribution in [3.05, 3.63) is 48.8 Å². The SMILES string of the molecule is CCCOc1ccccc1-c1[c]nccc1. The third-order valence-electron chi connectivity index (χ3n) is 2.25. The number of hydrogen-bond acceptors (Lipinski definition) is 2. The molecule has 81 valence electrons. The number of rotatable bonds is 4. The molecule has 16 heavy (non-hydrogen) atoms. The van der Waals surface area contributed by atoms with Gasteiger partial charge in [-0.05, 0) is 18.6 Å². The quantitative estimate of drug-likeness (QED) is 0.775. The number of benzene rings is 1. The van der Waals surface area contributed by atoms with Crippen LogP contribution in [0.3, 0.4) is 0 Å². The Morgan fingerprint density at radius 3 is 2.81 bits per heavy atom. The summed E-state index contributed by atoms with van der Waals surface area (Å²) in [6, 6.07) is 11.9. The molecule has 0 fully saturated rings. The maximum atomic E-state index is 5.69. The van der Waals surface area contributed by atoms with Crippen LogP contribution in [-0.4, -0.2) is 11.6 Å². The second-order valence-electron chi connectivity index (χ2n) is 3.51. The van der Waals surface area contributed by atoms with Crippen LogP contribution in [0.5, 0.6) is 5.75 Å². The molecule has 1 heterocycles. The fourth-order valence-corrected chi connectivity index (χ4v) is 1.50. The zero-order chi connectivity index (χ0) is 11.2. The van der Waals surface area contributed by atoms with Gasteiger partial charge in [-0.25, -0.2) is 0 Å². The van der Waals surface area contributed by atoms with Gasteiger partial charge < -0.3 is 4.74 Å². The summed E-state index contributed by atoms with van der Waals surface area (Å²) in [6.07, 6.45) is 5.70. The fraction of sp³-hybridized carbons (Fsp3) is 0.214. The lowest BCUT2D eigenvalue weighted by Crippen LogP contribution is -1.96. The van der Waals surface area contributed by atoms with E-state index in [2.05, 4.69) is 18.1 Å². The van der Waals surface area contributed by atoms with Crippen molar-refractivity contribution in [2.75, 3.05) is 6.61 Å². The third-order valence-corrected chi connectivity index (χ3v) is 2.25. The highest BCUT2D eigenvalue weighted by molar-refractivity contribution is 5.68. The summed E-state index contributed by atoms with van der Waals surface area (Å²) in [4.78, 5) is 4.00. The minimum absolute atomic E-state index is 0.733. The van der Waals surface area contributed by atoms with Gasteiger partial charge in [-0.3, -0.25) is 4.98 Å².